The summed E-state index contributed by atoms with van der Waals surface area (Å²) >= 11 is 0. The summed E-state index contributed by atoms with van der Waals surface area (Å²) in [6.07, 6.45) is 8.26. The lowest BCUT2D eigenvalue weighted by Crippen LogP contribution is -2.52. The zero-order chi connectivity index (χ0) is 15.1. The van der Waals surface area contributed by atoms with E-state index in [2.05, 4.69) is 42.7 Å². The predicted molar refractivity (Wildman–Crippen MR) is 89.2 cm³/mol. The molecule has 21 heavy (non-hydrogen) atoms. The van der Waals surface area contributed by atoms with Crippen LogP contribution in [0.3, 0.4) is 0 Å². The fraction of sp³-hybridized carbons (Fsp3) is 0.474. The van der Waals surface area contributed by atoms with E-state index in [-0.39, 0.29) is 6.04 Å². The fourth-order valence-electron chi connectivity index (χ4n) is 3.08. The van der Waals surface area contributed by atoms with Crippen molar-refractivity contribution in [3.05, 3.63) is 61.2 Å². The second kappa shape index (κ2) is 7.58. The third kappa shape index (κ3) is 4.55. The van der Waals surface area contributed by atoms with E-state index in [1.54, 1.807) is 0 Å². The average molecular weight is 285 g/mol. The van der Waals surface area contributed by atoms with E-state index in [1.165, 1.54) is 18.4 Å². The van der Waals surface area contributed by atoms with Crippen molar-refractivity contribution in [3.63, 3.8) is 0 Å². The Morgan fingerprint density at radius 3 is 2.33 bits per heavy atom. The SMILES string of the molecule is C=CCC(O)(CC=C)[C@H](NCCc1ccccc1)C1CC1. The Labute approximate surface area is 128 Å². The van der Waals surface area contributed by atoms with Crippen molar-refractivity contribution in [3.8, 4) is 0 Å². The Balaban J connectivity index is 1.94. The summed E-state index contributed by atoms with van der Waals surface area (Å²) in [6.45, 7) is 8.48. The van der Waals surface area contributed by atoms with Crippen LogP contribution < -0.4 is 5.32 Å². The highest BCUT2D eigenvalue weighted by Crippen LogP contribution is 2.40. The molecule has 1 aliphatic rings. The van der Waals surface area contributed by atoms with Crippen LogP contribution in [0, 0.1) is 5.92 Å². The summed E-state index contributed by atoms with van der Waals surface area (Å²) in [7, 11) is 0. The molecule has 2 nitrogen and oxygen atoms in total. The number of hydrogen-bond donors (Lipinski definition) is 2. The molecule has 0 spiro atoms. The van der Waals surface area contributed by atoms with Gasteiger partial charge in [0.15, 0.2) is 0 Å². The van der Waals surface area contributed by atoms with Crippen LogP contribution in [-0.4, -0.2) is 23.3 Å². The lowest BCUT2D eigenvalue weighted by Gasteiger charge is -2.36. The van der Waals surface area contributed by atoms with Crippen LogP contribution in [0.5, 0.6) is 0 Å². The molecule has 2 N–H and O–H groups in total. The van der Waals surface area contributed by atoms with Gasteiger partial charge in [0.2, 0.25) is 0 Å². The number of benzene rings is 1. The molecule has 0 aliphatic heterocycles. The highest BCUT2D eigenvalue weighted by atomic mass is 16.3. The topological polar surface area (TPSA) is 32.3 Å². The summed E-state index contributed by atoms with van der Waals surface area (Å²) in [5, 5.41) is 14.6. The summed E-state index contributed by atoms with van der Waals surface area (Å²) in [5.41, 5.74) is 0.581. The van der Waals surface area contributed by atoms with Gasteiger partial charge in [0.05, 0.1) is 5.60 Å². The molecule has 1 fully saturated rings. The Kier molecular flexibility index (Phi) is 5.77. The number of hydrogen-bond acceptors (Lipinski definition) is 2. The van der Waals surface area contributed by atoms with E-state index < -0.39 is 5.60 Å². The number of rotatable bonds is 10. The Morgan fingerprint density at radius 2 is 1.81 bits per heavy atom. The zero-order valence-electron chi connectivity index (χ0n) is 12.8. The van der Waals surface area contributed by atoms with Gasteiger partial charge in [-0.25, -0.2) is 0 Å². The highest BCUT2D eigenvalue weighted by molar-refractivity contribution is 5.15. The molecule has 0 bridgehead atoms. The largest absolute Gasteiger partial charge is 0.388 e. The van der Waals surface area contributed by atoms with Crippen LogP contribution in [0.15, 0.2) is 55.6 Å². The van der Waals surface area contributed by atoms with Crippen molar-refractivity contribution >= 4 is 0 Å². The van der Waals surface area contributed by atoms with Crippen molar-refractivity contribution in [1.82, 2.24) is 5.32 Å². The molecule has 1 aliphatic carbocycles. The zero-order valence-corrected chi connectivity index (χ0v) is 12.8. The Morgan fingerprint density at radius 1 is 1.19 bits per heavy atom. The van der Waals surface area contributed by atoms with Crippen LogP contribution in [-0.2, 0) is 6.42 Å². The Bertz CT molecular complexity index is 440. The first-order chi connectivity index (χ1) is 10.2. The van der Waals surface area contributed by atoms with Crippen LogP contribution >= 0.6 is 0 Å². The quantitative estimate of drug-likeness (QED) is 0.645. The second-order valence-corrected chi connectivity index (χ2v) is 6.09. The van der Waals surface area contributed by atoms with Crippen LogP contribution in [0.1, 0.15) is 31.2 Å². The van der Waals surface area contributed by atoms with Gasteiger partial charge < -0.3 is 10.4 Å². The molecule has 2 rings (SSSR count). The first-order valence-corrected chi connectivity index (χ1v) is 7.91. The normalized spacial score (nSPS) is 16.4. The molecule has 1 saturated carbocycles. The van der Waals surface area contributed by atoms with E-state index >= 15 is 0 Å². The maximum absolute atomic E-state index is 11.0. The number of nitrogens with one attached hydrogen (secondary N) is 1. The molecule has 114 valence electrons. The predicted octanol–water partition coefficient (Wildman–Crippen LogP) is 3.48. The van der Waals surface area contributed by atoms with Gasteiger partial charge in [-0.1, -0.05) is 42.5 Å². The van der Waals surface area contributed by atoms with Crippen molar-refractivity contribution < 1.29 is 5.11 Å². The summed E-state index contributed by atoms with van der Waals surface area (Å²) in [4.78, 5) is 0. The summed E-state index contributed by atoms with van der Waals surface area (Å²) < 4.78 is 0. The van der Waals surface area contributed by atoms with E-state index in [4.69, 9.17) is 0 Å². The minimum Gasteiger partial charge on any atom is -0.388 e. The first kappa shape index (κ1) is 16.0. The molecule has 2 heteroatoms. The lowest BCUT2D eigenvalue weighted by molar-refractivity contribution is -0.000810. The average Bonchev–Trinajstić information content (AvgIpc) is 3.29. The van der Waals surface area contributed by atoms with Gasteiger partial charge in [-0.05, 0) is 50.1 Å². The molecular formula is C19H27NO. The summed E-state index contributed by atoms with van der Waals surface area (Å²) in [5.74, 6) is 0.589. The van der Waals surface area contributed by atoms with Gasteiger partial charge in [0.1, 0.15) is 0 Å². The molecule has 1 aromatic rings. The number of aliphatic hydroxyl groups is 1. The Hall–Kier alpha value is -1.38. The monoisotopic (exact) mass is 285 g/mol. The van der Waals surface area contributed by atoms with Crippen LogP contribution in [0.2, 0.25) is 0 Å². The van der Waals surface area contributed by atoms with Crippen molar-refractivity contribution in [1.29, 1.82) is 0 Å². The second-order valence-electron chi connectivity index (χ2n) is 6.09. The van der Waals surface area contributed by atoms with Crippen molar-refractivity contribution in [2.24, 2.45) is 5.92 Å². The molecule has 0 saturated heterocycles. The van der Waals surface area contributed by atoms with Gasteiger partial charge in [0.25, 0.3) is 0 Å². The molecule has 1 aromatic carbocycles. The van der Waals surface area contributed by atoms with Gasteiger partial charge in [-0.2, -0.15) is 0 Å². The van der Waals surface area contributed by atoms with E-state index in [0.717, 1.165) is 13.0 Å². The molecular weight excluding hydrogens is 258 g/mol. The van der Waals surface area contributed by atoms with Crippen LogP contribution in [0.25, 0.3) is 0 Å². The van der Waals surface area contributed by atoms with Gasteiger partial charge in [-0.15, -0.1) is 13.2 Å². The summed E-state index contributed by atoms with van der Waals surface area (Å²) in [6, 6.07) is 10.6. The molecule has 1 atom stereocenters. The molecule has 0 aromatic heterocycles. The molecule has 0 unspecified atom stereocenters. The lowest BCUT2D eigenvalue weighted by atomic mass is 9.84. The van der Waals surface area contributed by atoms with Gasteiger partial charge >= 0.3 is 0 Å². The third-order valence-electron chi connectivity index (χ3n) is 4.29. The molecule has 0 radical (unpaired) electrons. The van der Waals surface area contributed by atoms with Gasteiger partial charge in [-0.3, -0.25) is 0 Å². The van der Waals surface area contributed by atoms with Crippen molar-refractivity contribution in [2.75, 3.05) is 6.54 Å². The minimum absolute atomic E-state index is 0.136. The van der Waals surface area contributed by atoms with Crippen molar-refractivity contribution in [2.45, 2.75) is 43.7 Å². The first-order valence-electron chi connectivity index (χ1n) is 7.91. The van der Waals surface area contributed by atoms with Crippen LogP contribution in [0.4, 0.5) is 0 Å². The standard InChI is InChI=1S/C19H27NO/c1-3-13-19(21,14-4-2)18(17-10-11-17)20-15-12-16-8-6-5-7-9-16/h3-9,17-18,20-21H,1-2,10-15H2/t18-/m1/s1. The fourth-order valence-corrected chi connectivity index (χ4v) is 3.08. The van der Waals surface area contributed by atoms with E-state index in [9.17, 15) is 5.11 Å². The minimum atomic E-state index is -0.749. The van der Waals surface area contributed by atoms with E-state index in [1.807, 2.05) is 18.2 Å². The smallest absolute Gasteiger partial charge is 0.0870 e. The molecule has 0 amide bonds. The highest BCUT2D eigenvalue weighted by Gasteiger charge is 2.43. The third-order valence-corrected chi connectivity index (χ3v) is 4.29. The van der Waals surface area contributed by atoms with E-state index in [0.29, 0.717) is 18.8 Å². The maximum atomic E-state index is 11.0. The van der Waals surface area contributed by atoms with Gasteiger partial charge in [0, 0.05) is 6.04 Å². The molecule has 0 heterocycles. The maximum Gasteiger partial charge on any atom is 0.0870 e.